The Morgan fingerprint density at radius 1 is 1.86 bits per heavy atom. The second-order valence-electron chi connectivity index (χ2n) is 1.79. The minimum atomic E-state index is 0.0417. The molecule has 1 fully saturated rings. The maximum absolute atomic E-state index is 8.20. The van der Waals surface area contributed by atoms with Crippen molar-refractivity contribution in [3.63, 3.8) is 0 Å². The van der Waals surface area contributed by atoms with E-state index < -0.39 is 0 Å². The Morgan fingerprint density at radius 3 is 2.57 bits per heavy atom. The number of nitrogens with zero attached hydrogens (tertiary/aromatic N) is 1. The van der Waals surface area contributed by atoms with Gasteiger partial charge >= 0.3 is 0 Å². The highest BCUT2D eigenvalue weighted by Gasteiger charge is 2.26. The zero-order valence-corrected chi connectivity index (χ0v) is 3.96. The molecule has 1 saturated carbocycles. The van der Waals surface area contributed by atoms with Gasteiger partial charge in [0.2, 0.25) is 0 Å². The quantitative estimate of drug-likeness (QED) is 0.462. The van der Waals surface area contributed by atoms with Crippen molar-refractivity contribution in [1.82, 2.24) is 0 Å². The smallest absolute Gasteiger partial charge is 0.0675 e. The summed E-state index contributed by atoms with van der Waals surface area (Å²) < 4.78 is 0. The van der Waals surface area contributed by atoms with E-state index in [1.165, 1.54) is 0 Å². The first-order chi connectivity index (χ1) is 3.34. The molecule has 0 amide bonds. The lowest BCUT2D eigenvalue weighted by Crippen LogP contribution is -2.38. The molecule has 0 aliphatic heterocycles. The van der Waals surface area contributed by atoms with E-state index in [4.69, 9.17) is 11.0 Å². The van der Waals surface area contributed by atoms with Gasteiger partial charge in [-0.3, -0.25) is 0 Å². The summed E-state index contributed by atoms with van der Waals surface area (Å²) in [6.45, 7) is 0. The van der Waals surface area contributed by atoms with Crippen molar-refractivity contribution in [3.05, 3.63) is 6.42 Å². The van der Waals surface area contributed by atoms with Crippen molar-refractivity contribution in [3.8, 4) is 6.07 Å². The predicted molar refractivity (Wildman–Crippen MR) is 26.0 cm³/mol. The van der Waals surface area contributed by atoms with Gasteiger partial charge in [-0.2, -0.15) is 5.26 Å². The summed E-state index contributed by atoms with van der Waals surface area (Å²) >= 11 is 0. The standard InChI is InChI=1S/C5H7N2/c6-3-4-1-2-5(4)7/h1,4-5H,2,7H2. The van der Waals surface area contributed by atoms with Gasteiger partial charge in [-0.1, -0.05) is 0 Å². The summed E-state index contributed by atoms with van der Waals surface area (Å²) in [7, 11) is 0. The largest absolute Gasteiger partial charge is 0.326 e. The normalized spacial score (nSPS) is 38.9. The molecule has 0 aromatic heterocycles. The summed E-state index contributed by atoms with van der Waals surface area (Å²) in [5.41, 5.74) is 5.38. The van der Waals surface area contributed by atoms with Crippen molar-refractivity contribution >= 4 is 0 Å². The minimum Gasteiger partial charge on any atom is -0.326 e. The second-order valence-corrected chi connectivity index (χ2v) is 1.79. The summed E-state index contributed by atoms with van der Waals surface area (Å²) in [6, 6.07) is 2.20. The molecule has 0 aromatic carbocycles. The third-order valence-corrected chi connectivity index (χ3v) is 1.27. The van der Waals surface area contributed by atoms with Gasteiger partial charge in [0.05, 0.1) is 12.0 Å². The van der Waals surface area contributed by atoms with Crippen LogP contribution in [0.25, 0.3) is 0 Å². The van der Waals surface area contributed by atoms with Crippen LogP contribution in [0.2, 0.25) is 0 Å². The molecule has 1 aliphatic carbocycles. The number of nitriles is 1. The lowest BCUT2D eigenvalue weighted by molar-refractivity contribution is 0.437. The fourth-order valence-electron chi connectivity index (χ4n) is 0.578. The number of hydrogen-bond acceptors (Lipinski definition) is 2. The molecule has 0 heterocycles. The topological polar surface area (TPSA) is 49.8 Å². The molecule has 0 bridgehead atoms. The van der Waals surface area contributed by atoms with Crippen molar-refractivity contribution in [2.75, 3.05) is 0 Å². The highest BCUT2D eigenvalue weighted by Crippen LogP contribution is 2.22. The van der Waals surface area contributed by atoms with Crippen molar-refractivity contribution in [1.29, 1.82) is 5.26 Å². The monoisotopic (exact) mass is 95.1 g/mol. The molecule has 1 aliphatic rings. The molecule has 0 saturated heterocycles. The molecule has 1 radical (unpaired) electrons. The molecule has 37 valence electrons. The van der Waals surface area contributed by atoms with E-state index in [2.05, 4.69) is 6.07 Å². The third kappa shape index (κ3) is 0.594. The van der Waals surface area contributed by atoms with E-state index in [1.54, 1.807) is 0 Å². The molecular formula is C5H7N2. The van der Waals surface area contributed by atoms with E-state index in [0.29, 0.717) is 0 Å². The highest BCUT2D eigenvalue weighted by atomic mass is 14.7. The van der Waals surface area contributed by atoms with Crippen LogP contribution in [0.1, 0.15) is 6.42 Å². The molecule has 1 rings (SSSR count). The summed E-state index contributed by atoms with van der Waals surface area (Å²) in [6.07, 6.45) is 2.85. The molecular weight excluding hydrogens is 88.1 g/mol. The zero-order chi connectivity index (χ0) is 5.28. The number of hydrogen-bond donors (Lipinski definition) is 1. The van der Waals surface area contributed by atoms with Crippen LogP contribution in [0.4, 0.5) is 0 Å². The molecule has 2 N–H and O–H groups in total. The first-order valence-electron chi connectivity index (χ1n) is 2.33. The lowest BCUT2D eigenvalue weighted by Gasteiger charge is -2.26. The second kappa shape index (κ2) is 1.51. The summed E-state index contributed by atoms with van der Waals surface area (Å²) in [5, 5.41) is 8.20. The van der Waals surface area contributed by atoms with Crippen molar-refractivity contribution in [2.24, 2.45) is 11.7 Å². The maximum atomic E-state index is 8.20. The van der Waals surface area contributed by atoms with Crippen LogP contribution in [-0.2, 0) is 0 Å². The van der Waals surface area contributed by atoms with Crippen LogP contribution in [0.5, 0.6) is 0 Å². The molecule has 2 unspecified atom stereocenters. The van der Waals surface area contributed by atoms with E-state index in [1.807, 2.05) is 6.42 Å². The fourth-order valence-corrected chi connectivity index (χ4v) is 0.578. The van der Waals surface area contributed by atoms with Gasteiger partial charge in [0.1, 0.15) is 0 Å². The predicted octanol–water partition coefficient (Wildman–Crippen LogP) is 0.0615. The maximum Gasteiger partial charge on any atom is 0.0675 e. The van der Waals surface area contributed by atoms with Gasteiger partial charge in [0.15, 0.2) is 0 Å². The van der Waals surface area contributed by atoms with Crippen molar-refractivity contribution < 1.29 is 0 Å². The van der Waals surface area contributed by atoms with Gasteiger partial charge in [-0.05, 0) is 12.8 Å². The summed E-state index contributed by atoms with van der Waals surface area (Å²) in [5.74, 6) is 0.0417. The van der Waals surface area contributed by atoms with E-state index >= 15 is 0 Å². The molecule has 0 aromatic rings. The van der Waals surface area contributed by atoms with E-state index in [9.17, 15) is 0 Å². The Morgan fingerprint density at radius 2 is 2.57 bits per heavy atom. The average Bonchev–Trinajstić information content (AvgIpc) is 1.65. The first kappa shape index (κ1) is 4.61. The summed E-state index contributed by atoms with van der Waals surface area (Å²) in [4.78, 5) is 0. The van der Waals surface area contributed by atoms with Gasteiger partial charge in [0.25, 0.3) is 0 Å². The Bertz CT molecular complexity index is 103. The molecule has 2 heteroatoms. The van der Waals surface area contributed by atoms with E-state index in [-0.39, 0.29) is 12.0 Å². The molecule has 2 atom stereocenters. The first-order valence-corrected chi connectivity index (χ1v) is 2.33. The van der Waals surface area contributed by atoms with Crippen LogP contribution >= 0.6 is 0 Å². The van der Waals surface area contributed by atoms with Crippen LogP contribution in [0.3, 0.4) is 0 Å². The number of nitrogens with two attached hydrogens (primary N) is 1. The van der Waals surface area contributed by atoms with Gasteiger partial charge in [-0.25, -0.2) is 0 Å². The van der Waals surface area contributed by atoms with Crippen LogP contribution in [0, 0.1) is 23.7 Å². The minimum absolute atomic E-state index is 0.0417. The van der Waals surface area contributed by atoms with Crippen molar-refractivity contribution in [2.45, 2.75) is 12.5 Å². The molecule has 0 spiro atoms. The van der Waals surface area contributed by atoms with E-state index in [0.717, 1.165) is 6.42 Å². The lowest BCUT2D eigenvalue weighted by atomic mass is 9.82. The van der Waals surface area contributed by atoms with Crippen LogP contribution in [0.15, 0.2) is 0 Å². The van der Waals surface area contributed by atoms with Crippen LogP contribution in [-0.4, -0.2) is 6.04 Å². The Balaban J connectivity index is 2.33. The molecule has 2 nitrogen and oxygen atoms in total. The fraction of sp³-hybridized carbons (Fsp3) is 0.600. The average molecular weight is 95.1 g/mol. The van der Waals surface area contributed by atoms with Gasteiger partial charge in [-0.15, -0.1) is 0 Å². The van der Waals surface area contributed by atoms with Gasteiger partial charge in [0, 0.05) is 6.04 Å². The third-order valence-electron chi connectivity index (χ3n) is 1.27. The number of rotatable bonds is 0. The zero-order valence-electron chi connectivity index (χ0n) is 3.96. The Labute approximate surface area is 42.9 Å². The van der Waals surface area contributed by atoms with Gasteiger partial charge < -0.3 is 5.73 Å². The Hall–Kier alpha value is -0.550. The highest BCUT2D eigenvalue weighted by molar-refractivity contribution is 5.09. The molecule has 7 heavy (non-hydrogen) atoms. The SMILES string of the molecule is N#CC1[CH]CC1N. The Kier molecular flexibility index (Phi) is 0.994. The van der Waals surface area contributed by atoms with Crippen LogP contribution < -0.4 is 5.73 Å².